The average molecular weight is 208 g/mol. The van der Waals surface area contributed by atoms with Crippen LogP contribution < -0.4 is 5.32 Å². The van der Waals surface area contributed by atoms with Crippen LogP contribution >= 0.6 is 0 Å². The first-order chi connectivity index (χ1) is 6.28. The Labute approximate surface area is 77.6 Å². The average Bonchev–Trinajstić information content (AvgIpc) is 2.00. The van der Waals surface area contributed by atoms with Crippen molar-refractivity contribution < 1.29 is 23.1 Å². The van der Waals surface area contributed by atoms with Crippen molar-refractivity contribution in [2.24, 2.45) is 0 Å². The van der Waals surface area contributed by atoms with E-state index in [9.17, 15) is 18.0 Å². The number of hydrogen-bond acceptors (Lipinski definition) is 3. The van der Waals surface area contributed by atoms with Crippen LogP contribution in [0.2, 0.25) is 0 Å². The van der Waals surface area contributed by atoms with Gasteiger partial charge in [0.15, 0.2) is 5.57 Å². The van der Waals surface area contributed by atoms with Gasteiger partial charge in [0.1, 0.15) is 18.4 Å². The number of alkyl halides is 3. The molecule has 0 heterocycles. The molecular formula is C7H7F3N2O2. The lowest BCUT2D eigenvalue weighted by atomic mass is 10.2. The number of aliphatic hydroxyl groups excluding tert-OH is 1. The highest BCUT2D eigenvalue weighted by Crippen LogP contribution is 2.12. The lowest BCUT2D eigenvalue weighted by molar-refractivity contribution is -0.136. The molecule has 4 nitrogen and oxygen atoms in total. The Balaban J connectivity index is 4.39. The zero-order chi connectivity index (χ0) is 11.4. The number of nitrogens with zero attached hydrogens (tertiary/aromatic N) is 1. The molecule has 0 saturated carbocycles. The minimum Gasteiger partial charge on any atom is -0.511 e. The number of carbonyl (C=O) groups excluding carboxylic acids is 1. The monoisotopic (exact) mass is 208 g/mol. The van der Waals surface area contributed by atoms with Crippen molar-refractivity contribution >= 4 is 5.91 Å². The zero-order valence-electron chi connectivity index (χ0n) is 7.14. The molecule has 1 amide bonds. The molecule has 0 aliphatic carbocycles. The second-order valence-electron chi connectivity index (χ2n) is 2.37. The van der Waals surface area contributed by atoms with E-state index in [4.69, 9.17) is 10.4 Å². The summed E-state index contributed by atoms with van der Waals surface area (Å²) in [6.45, 7) is -0.504. The van der Waals surface area contributed by atoms with E-state index in [2.05, 4.69) is 0 Å². The Morgan fingerprint density at radius 2 is 2.07 bits per heavy atom. The first-order valence-corrected chi connectivity index (χ1v) is 3.43. The Hall–Kier alpha value is -1.71. The molecule has 0 spiro atoms. The van der Waals surface area contributed by atoms with Gasteiger partial charge in [0.2, 0.25) is 0 Å². The van der Waals surface area contributed by atoms with E-state index in [0.717, 1.165) is 6.92 Å². The second-order valence-corrected chi connectivity index (χ2v) is 2.37. The van der Waals surface area contributed by atoms with E-state index in [1.807, 2.05) is 0 Å². The maximum atomic E-state index is 11.6. The summed E-state index contributed by atoms with van der Waals surface area (Å²) in [5.41, 5.74) is -0.728. The Morgan fingerprint density at radius 3 is 2.36 bits per heavy atom. The highest BCUT2D eigenvalue weighted by atomic mass is 19.4. The number of carbonyl (C=O) groups is 1. The van der Waals surface area contributed by atoms with E-state index < -0.39 is 30.0 Å². The fourth-order valence-electron chi connectivity index (χ4n) is 0.565. The van der Waals surface area contributed by atoms with E-state index in [1.54, 1.807) is 0 Å². The number of amides is 1. The Kier molecular flexibility index (Phi) is 3.95. The van der Waals surface area contributed by atoms with Gasteiger partial charge in [-0.25, -0.2) is 0 Å². The molecule has 0 aromatic heterocycles. The van der Waals surface area contributed by atoms with Gasteiger partial charge in [-0.2, -0.15) is 18.4 Å². The summed E-state index contributed by atoms with van der Waals surface area (Å²) in [5, 5.41) is 18.5. The van der Waals surface area contributed by atoms with Crippen LogP contribution in [0.4, 0.5) is 13.2 Å². The van der Waals surface area contributed by atoms with Gasteiger partial charge in [-0.15, -0.1) is 0 Å². The second kappa shape index (κ2) is 4.50. The summed E-state index contributed by atoms with van der Waals surface area (Å²) >= 11 is 0. The van der Waals surface area contributed by atoms with E-state index in [-0.39, 0.29) is 0 Å². The minimum atomic E-state index is -4.54. The number of aliphatic hydroxyl groups is 1. The van der Waals surface area contributed by atoms with Gasteiger partial charge < -0.3 is 10.4 Å². The molecule has 0 aromatic carbocycles. The lowest BCUT2D eigenvalue weighted by Gasteiger charge is -2.07. The van der Waals surface area contributed by atoms with Gasteiger partial charge >= 0.3 is 6.18 Å². The summed E-state index contributed by atoms with van der Waals surface area (Å²) in [7, 11) is 0. The molecule has 7 heteroatoms. The third kappa shape index (κ3) is 4.35. The maximum Gasteiger partial charge on any atom is 0.405 e. The summed E-state index contributed by atoms with van der Waals surface area (Å²) in [6, 6.07) is 1.29. The quantitative estimate of drug-likeness (QED) is 0.404. The van der Waals surface area contributed by atoms with Gasteiger partial charge in [-0.1, -0.05) is 0 Å². The van der Waals surface area contributed by atoms with Crippen LogP contribution in [0.15, 0.2) is 11.3 Å². The topological polar surface area (TPSA) is 73.1 Å². The largest absolute Gasteiger partial charge is 0.511 e. The van der Waals surface area contributed by atoms with Gasteiger partial charge in [-0.3, -0.25) is 4.79 Å². The fourth-order valence-corrected chi connectivity index (χ4v) is 0.565. The van der Waals surface area contributed by atoms with Crippen LogP contribution in [0.1, 0.15) is 6.92 Å². The lowest BCUT2D eigenvalue weighted by Crippen LogP contribution is -2.34. The number of halogens is 3. The predicted molar refractivity (Wildman–Crippen MR) is 40.0 cm³/mol. The molecule has 0 rings (SSSR count). The molecule has 0 bridgehead atoms. The molecule has 0 unspecified atom stereocenters. The standard InChI is InChI=1S/C7H7F3N2O2/c1-4(13)5(2-11)6(14)12-3-7(8,9)10/h13H,3H2,1H3,(H,12,14)/b5-4-. The van der Waals surface area contributed by atoms with Crippen LogP contribution in [0.3, 0.4) is 0 Å². The number of rotatable bonds is 2. The van der Waals surface area contributed by atoms with Crippen LogP contribution in [-0.2, 0) is 4.79 Å². The third-order valence-corrected chi connectivity index (χ3v) is 1.15. The summed E-state index contributed by atoms with van der Waals surface area (Å²) in [5.74, 6) is -1.86. The highest BCUT2D eigenvalue weighted by molar-refractivity contribution is 5.97. The minimum absolute atomic E-state index is 0.618. The van der Waals surface area contributed by atoms with Crippen LogP contribution in [0, 0.1) is 11.3 Å². The van der Waals surface area contributed by atoms with Crippen molar-refractivity contribution in [3.05, 3.63) is 11.3 Å². The highest BCUT2D eigenvalue weighted by Gasteiger charge is 2.28. The van der Waals surface area contributed by atoms with Gasteiger partial charge in [0, 0.05) is 0 Å². The zero-order valence-corrected chi connectivity index (χ0v) is 7.14. The van der Waals surface area contributed by atoms with E-state index >= 15 is 0 Å². The molecule has 2 N–H and O–H groups in total. The predicted octanol–water partition coefficient (Wildman–Crippen LogP) is 1.02. The number of hydrogen-bond donors (Lipinski definition) is 2. The fraction of sp³-hybridized carbons (Fsp3) is 0.429. The summed E-state index contributed by atoms with van der Waals surface area (Å²) in [4.78, 5) is 10.8. The number of allylic oxidation sites excluding steroid dienone is 1. The molecule has 0 aliphatic rings. The van der Waals surface area contributed by atoms with Crippen LogP contribution in [0.25, 0.3) is 0 Å². The molecule has 78 valence electrons. The van der Waals surface area contributed by atoms with Gasteiger partial charge in [0.25, 0.3) is 5.91 Å². The Bertz CT molecular complexity index is 297. The molecule has 0 atom stereocenters. The maximum absolute atomic E-state index is 11.6. The van der Waals surface area contributed by atoms with Crippen LogP contribution in [-0.4, -0.2) is 23.7 Å². The van der Waals surface area contributed by atoms with Crippen molar-refractivity contribution in [2.45, 2.75) is 13.1 Å². The van der Waals surface area contributed by atoms with Crippen molar-refractivity contribution in [2.75, 3.05) is 6.54 Å². The molecule has 0 radical (unpaired) electrons. The molecule has 0 aliphatic heterocycles. The summed E-state index contributed by atoms with van der Waals surface area (Å²) < 4.78 is 34.8. The number of nitriles is 1. The molecular weight excluding hydrogens is 201 g/mol. The molecule has 0 fully saturated rings. The van der Waals surface area contributed by atoms with E-state index in [1.165, 1.54) is 11.4 Å². The molecule has 0 aromatic rings. The third-order valence-electron chi connectivity index (χ3n) is 1.15. The molecule has 0 saturated heterocycles. The molecule has 14 heavy (non-hydrogen) atoms. The number of nitrogens with one attached hydrogen (secondary N) is 1. The van der Waals surface area contributed by atoms with Crippen molar-refractivity contribution in [3.8, 4) is 6.07 Å². The van der Waals surface area contributed by atoms with Crippen molar-refractivity contribution in [1.82, 2.24) is 5.32 Å². The van der Waals surface area contributed by atoms with Gasteiger partial charge in [-0.05, 0) is 6.92 Å². The van der Waals surface area contributed by atoms with Crippen LogP contribution in [0.5, 0.6) is 0 Å². The Morgan fingerprint density at radius 1 is 1.57 bits per heavy atom. The SMILES string of the molecule is C/C(O)=C(\C#N)C(=O)NCC(F)(F)F. The first kappa shape index (κ1) is 12.3. The first-order valence-electron chi connectivity index (χ1n) is 3.43. The van der Waals surface area contributed by atoms with Crippen molar-refractivity contribution in [3.63, 3.8) is 0 Å². The normalized spacial score (nSPS) is 12.8. The van der Waals surface area contributed by atoms with E-state index in [0.29, 0.717) is 0 Å². The summed E-state index contributed by atoms with van der Waals surface area (Å²) in [6.07, 6.45) is -4.54. The van der Waals surface area contributed by atoms with Gasteiger partial charge in [0.05, 0.1) is 0 Å². The smallest absolute Gasteiger partial charge is 0.405 e. The van der Waals surface area contributed by atoms with Crippen molar-refractivity contribution in [1.29, 1.82) is 5.26 Å².